The first-order chi connectivity index (χ1) is 9.28. The standard InChI is InChI=1S/C14H26N4O2/c1-11(2)5-6-14(3,20)10-16-13(19)15-7-12-8-17-18(4)9-12/h8-9,11,20H,5-7,10H2,1-4H3,(H2,15,16,19). The van der Waals surface area contributed by atoms with Crippen LogP contribution in [0.1, 0.15) is 39.2 Å². The van der Waals surface area contributed by atoms with Gasteiger partial charge in [0.2, 0.25) is 0 Å². The maximum Gasteiger partial charge on any atom is 0.315 e. The van der Waals surface area contributed by atoms with Crippen molar-refractivity contribution in [3.05, 3.63) is 18.0 Å². The van der Waals surface area contributed by atoms with Gasteiger partial charge in [0.15, 0.2) is 0 Å². The monoisotopic (exact) mass is 282 g/mol. The van der Waals surface area contributed by atoms with Crippen LogP contribution in [0.2, 0.25) is 0 Å². The molecule has 1 atom stereocenters. The number of hydrogen-bond donors (Lipinski definition) is 3. The van der Waals surface area contributed by atoms with Gasteiger partial charge in [-0.05, 0) is 25.7 Å². The zero-order valence-corrected chi connectivity index (χ0v) is 12.8. The highest BCUT2D eigenvalue weighted by atomic mass is 16.3. The van der Waals surface area contributed by atoms with Crippen molar-refractivity contribution in [2.75, 3.05) is 6.54 Å². The van der Waals surface area contributed by atoms with Crippen molar-refractivity contribution in [2.45, 2.75) is 45.8 Å². The number of rotatable bonds is 7. The van der Waals surface area contributed by atoms with Crippen molar-refractivity contribution < 1.29 is 9.90 Å². The van der Waals surface area contributed by atoms with E-state index in [1.165, 1.54) is 0 Å². The first kappa shape index (κ1) is 16.5. The van der Waals surface area contributed by atoms with E-state index in [1.54, 1.807) is 17.8 Å². The van der Waals surface area contributed by atoms with Gasteiger partial charge < -0.3 is 15.7 Å². The highest BCUT2D eigenvalue weighted by Gasteiger charge is 2.21. The third-order valence-corrected chi connectivity index (χ3v) is 3.10. The lowest BCUT2D eigenvalue weighted by Gasteiger charge is -2.24. The number of urea groups is 1. The average molecular weight is 282 g/mol. The molecule has 0 saturated heterocycles. The Morgan fingerprint density at radius 2 is 2.20 bits per heavy atom. The maximum absolute atomic E-state index is 11.6. The van der Waals surface area contributed by atoms with Gasteiger partial charge in [-0.1, -0.05) is 13.8 Å². The molecule has 0 fully saturated rings. The summed E-state index contributed by atoms with van der Waals surface area (Å²) < 4.78 is 1.69. The summed E-state index contributed by atoms with van der Waals surface area (Å²) in [5.74, 6) is 0.542. The van der Waals surface area contributed by atoms with E-state index in [2.05, 4.69) is 29.6 Å². The summed E-state index contributed by atoms with van der Waals surface area (Å²) in [5.41, 5.74) is 0.0739. The predicted molar refractivity (Wildman–Crippen MR) is 78.1 cm³/mol. The van der Waals surface area contributed by atoms with E-state index < -0.39 is 5.60 Å². The Labute approximate surface area is 120 Å². The van der Waals surface area contributed by atoms with E-state index in [9.17, 15) is 9.90 Å². The molecular weight excluding hydrogens is 256 g/mol. The van der Waals surface area contributed by atoms with Gasteiger partial charge in [0.25, 0.3) is 0 Å². The summed E-state index contributed by atoms with van der Waals surface area (Å²) in [5, 5.41) is 19.6. The smallest absolute Gasteiger partial charge is 0.315 e. The molecule has 0 bridgehead atoms. The fourth-order valence-corrected chi connectivity index (χ4v) is 1.77. The van der Waals surface area contributed by atoms with Crippen LogP contribution in [0.25, 0.3) is 0 Å². The summed E-state index contributed by atoms with van der Waals surface area (Å²) in [4.78, 5) is 11.6. The largest absolute Gasteiger partial charge is 0.388 e. The SMILES string of the molecule is CC(C)CCC(C)(O)CNC(=O)NCc1cnn(C)c1. The Kier molecular flexibility index (Phi) is 6.01. The summed E-state index contributed by atoms with van der Waals surface area (Å²) in [6.45, 7) is 6.65. The van der Waals surface area contributed by atoms with E-state index in [1.807, 2.05) is 13.2 Å². The molecule has 114 valence electrons. The molecule has 1 rings (SSSR count). The van der Waals surface area contributed by atoms with Crippen LogP contribution in [-0.4, -0.2) is 33.1 Å². The first-order valence-electron chi connectivity index (χ1n) is 7.00. The molecule has 0 aliphatic rings. The van der Waals surface area contributed by atoms with Gasteiger partial charge in [0, 0.05) is 31.9 Å². The number of aromatic nitrogens is 2. The minimum absolute atomic E-state index is 0.249. The second-order valence-corrected chi connectivity index (χ2v) is 5.99. The molecule has 0 aliphatic heterocycles. The topological polar surface area (TPSA) is 79.2 Å². The highest BCUT2D eigenvalue weighted by Crippen LogP contribution is 2.15. The molecule has 6 nitrogen and oxygen atoms in total. The van der Waals surface area contributed by atoms with E-state index in [0.29, 0.717) is 18.9 Å². The van der Waals surface area contributed by atoms with Crippen molar-refractivity contribution in [1.29, 1.82) is 0 Å². The van der Waals surface area contributed by atoms with Gasteiger partial charge in [-0.3, -0.25) is 4.68 Å². The minimum atomic E-state index is -0.865. The molecule has 1 heterocycles. The van der Waals surface area contributed by atoms with Crippen molar-refractivity contribution in [3.8, 4) is 0 Å². The number of nitrogens with zero attached hydrogens (tertiary/aromatic N) is 2. The van der Waals surface area contributed by atoms with E-state index >= 15 is 0 Å². The summed E-state index contributed by atoms with van der Waals surface area (Å²) >= 11 is 0. The molecule has 3 N–H and O–H groups in total. The second-order valence-electron chi connectivity index (χ2n) is 5.99. The number of carbonyl (C=O) groups excluding carboxylic acids is 1. The van der Waals surface area contributed by atoms with Crippen LogP contribution < -0.4 is 10.6 Å². The van der Waals surface area contributed by atoms with Gasteiger partial charge in [0.05, 0.1) is 11.8 Å². The second kappa shape index (κ2) is 7.28. The molecule has 1 unspecified atom stereocenters. The quantitative estimate of drug-likeness (QED) is 0.707. The summed E-state index contributed by atoms with van der Waals surface area (Å²) in [7, 11) is 1.83. The molecular formula is C14H26N4O2. The lowest BCUT2D eigenvalue weighted by Crippen LogP contribution is -2.44. The number of carbonyl (C=O) groups is 1. The van der Waals surface area contributed by atoms with E-state index in [4.69, 9.17) is 0 Å². The van der Waals surface area contributed by atoms with Gasteiger partial charge in [-0.25, -0.2) is 4.79 Å². The molecule has 1 aromatic heterocycles. The Hall–Kier alpha value is -1.56. The Balaban J connectivity index is 2.25. The zero-order chi connectivity index (χ0) is 15.2. The maximum atomic E-state index is 11.6. The lowest BCUT2D eigenvalue weighted by molar-refractivity contribution is 0.0476. The van der Waals surface area contributed by atoms with Crippen molar-refractivity contribution in [1.82, 2.24) is 20.4 Å². The summed E-state index contributed by atoms with van der Waals surface area (Å²) in [6.07, 6.45) is 5.16. The molecule has 0 saturated carbocycles. The van der Waals surface area contributed by atoms with Gasteiger partial charge in [0.1, 0.15) is 0 Å². The van der Waals surface area contributed by atoms with Crippen LogP contribution in [0.4, 0.5) is 4.79 Å². The van der Waals surface area contributed by atoms with Crippen molar-refractivity contribution in [2.24, 2.45) is 13.0 Å². The van der Waals surface area contributed by atoms with E-state index in [0.717, 1.165) is 12.0 Å². The number of amides is 2. The first-order valence-corrected chi connectivity index (χ1v) is 7.00. The van der Waals surface area contributed by atoms with Crippen molar-refractivity contribution >= 4 is 6.03 Å². The molecule has 6 heteroatoms. The fourth-order valence-electron chi connectivity index (χ4n) is 1.77. The van der Waals surface area contributed by atoms with Gasteiger partial charge >= 0.3 is 6.03 Å². The average Bonchev–Trinajstić information content (AvgIpc) is 2.78. The molecule has 0 radical (unpaired) electrons. The molecule has 20 heavy (non-hydrogen) atoms. The zero-order valence-electron chi connectivity index (χ0n) is 12.8. The van der Waals surface area contributed by atoms with Gasteiger partial charge in [-0.15, -0.1) is 0 Å². The van der Waals surface area contributed by atoms with Crippen molar-refractivity contribution in [3.63, 3.8) is 0 Å². The summed E-state index contributed by atoms with van der Waals surface area (Å²) in [6, 6.07) is -0.279. The molecule has 0 aromatic carbocycles. The Morgan fingerprint density at radius 3 is 2.75 bits per heavy atom. The molecule has 1 aromatic rings. The minimum Gasteiger partial charge on any atom is -0.388 e. The number of aliphatic hydroxyl groups is 1. The van der Waals surface area contributed by atoms with Crippen LogP contribution in [0.15, 0.2) is 12.4 Å². The third kappa shape index (κ3) is 6.56. The van der Waals surface area contributed by atoms with Crippen LogP contribution in [0.5, 0.6) is 0 Å². The van der Waals surface area contributed by atoms with Gasteiger partial charge in [-0.2, -0.15) is 5.10 Å². The number of nitrogens with one attached hydrogen (secondary N) is 2. The van der Waals surface area contributed by atoms with Crippen LogP contribution in [0, 0.1) is 5.92 Å². The highest BCUT2D eigenvalue weighted by molar-refractivity contribution is 5.73. The van der Waals surface area contributed by atoms with Crippen LogP contribution in [0.3, 0.4) is 0 Å². The number of hydrogen-bond acceptors (Lipinski definition) is 3. The molecule has 0 spiro atoms. The predicted octanol–water partition coefficient (Wildman–Crippen LogP) is 1.41. The molecule has 0 aliphatic carbocycles. The lowest BCUT2D eigenvalue weighted by atomic mass is 9.95. The van der Waals surface area contributed by atoms with Crippen LogP contribution >= 0.6 is 0 Å². The normalized spacial score (nSPS) is 14.1. The Bertz CT molecular complexity index is 427. The fraction of sp³-hybridized carbons (Fsp3) is 0.714. The molecule has 2 amide bonds. The van der Waals surface area contributed by atoms with Crippen LogP contribution in [-0.2, 0) is 13.6 Å². The Morgan fingerprint density at radius 1 is 1.50 bits per heavy atom. The number of aryl methyl sites for hydroxylation is 1. The van der Waals surface area contributed by atoms with E-state index in [-0.39, 0.29) is 12.6 Å². The third-order valence-electron chi connectivity index (χ3n) is 3.10.